The van der Waals surface area contributed by atoms with Gasteiger partial charge in [-0.3, -0.25) is 9.59 Å². The van der Waals surface area contributed by atoms with E-state index in [1.165, 1.54) is 12.2 Å². The molecule has 1 aliphatic heterocycles. The summed E-state index contributed by atoms with van der Waals surface area (Å²) in [5.74, 6) is -0.914. The number of amides is 2. The van der Waals surface area contributed by atoms with Gasteiger partial charge in [0, 0.05) is 29.5 Å². The van der Waals surface area contributed by atoms with E-state index in [4.69, 9.17) is 20.8 Å². The maximum atomic E-state index is 13.1. The van der Waals surface area contributed by atoms with Crippen molar-refractivity contribution < 1.29 is 23.5 Å². The topological polar surface area (TPSA) is 93.7 Å². The lowest BCUT2D eigenvalue weighted by Gasteiger charge is -2.39. The molecule has 0 saturated heterocycles. The highest BCUT2D eigenvalue weighted by Gasteiger charge is 2.39. The van der Waals surface area contributed by atoms with Crippen molar-refractivity contribution in [3.8, 4) is 0 Å². The van der Waals surface area contributed by atoms with Crippen LogP contribution in [0.5, 0.6) is 0 Å². The lowest BCUT2D eigenvalue weighted by atomic mass is 9.86. The first-order valence-electron chi connectivity index (χ1n) is 15.4. The van der Waals surface area contributed by atoms with Gasteiger partial charge < -0.3 is 19.8 Å². The van der Waals surface area contributed by atoms with Crippen LogP contribution in [0.4, 0.5) is 0 Å². The Hall–Kier alpha value is -2.68. The maximum Gasteiger partial charge on any atom is 0.330 e. The number of allylic oxidation sites excluding steroid dienone is 5. The van der Waals surface area contributed by atoms with Crippen LogP contribution in [0.3, 0.4) is 0 Å². The van der Waals surface area contributed by atoms with E-state index in [2.05, 4.69) is 44.5 Å². The van der Waals surface area contributed by atoms with Crippen LogP contribution in [0.2, 0.25) is 18.1 Å². The fraction of sp³-hybridized carbons (Fsp3) is 0.571. The Morgan fingerprint density at radius 1 is 1.11 bits per heavy atom. The normalized spacial score (nSPS) is 19.4. The van der Waals surface area contributed by atoms with Crippen molar-refractivity contribution in [1.29, 1.82) is 0 Å². The van der Waals surface area contributed by atoms with Crippen LogP contribution in [0.25, 0.3) is 0 Å². The molecule has 0 aromatic carbocycles. The number of rotatable bonds is 14. The molecule has 0 fully saturated rings. The Morgan fingerprint density at radius 2 is 1.75 bits per heavy atom. The van der Waals surface area contributed by atoms with E-state index >= 15 is 0 Å². The third kappa shape index (κ3) is 14.9. The van der Waals surface area contributed by atoms with Gasteiger partial charge in [-0.15, -0.1) is 0 Å². The first-order valence-corrected chi connectivity index (χ1v) is 18.7. The molecule has 9 heteroatoms. The number of nitrogens with one attached hydrogen (secondary N) is 2. The van der Waals surface area contributed by atoms with Crippen LogP contribution in [-0.4, -0.2) is 44.4 Å². The smallest absolute Gasteiger partial charge is 0.330 e. The summed E-state index contributed by atoms with van der Waals surface area (Å²) in [6, 6.07) is -0.746. The zero-order valence-corrected chi connectivity index (χ0v) is 30.4. The Kier molecular flexibility index (Phi) is 15.8. The maximum absolute atomic E-state index is 13.1. The predicted octanol–water partition coefficient (Wildman–Crippen LogP) is 8.03. The molecule has 0 radical (unpaired) electrons. The molecule has 0 aromatic rings. The molecule has 2 amide bonds. The Labute approximate surface area is 272 Å². The third-order valence-electron chi connectivity index (χ3n) is 7.81. The SMILES string of the molecule is C/C(Cl)=C\C[C@@H](C/C=C\NC(=O)[C@@H](NC(=O)\C=C/C=C\C(C)=C\[C@H](C)[C@@H]1CC=CC(=O)O1)C(C)(C)C)O[Si](C)(C)C(C)(C)C. The summed E-state index contributed by atoms with van der Waals surface area (Å²) in [5.41, 5.74) is 0.471. The largest absolute Gasteiger partial charge is 0.458 e. The zero-order chi connectivity index (χ0) is 33.7. The highest BCUT2D eigenvalue weighted by atomic mass is 35.5. The van der Waals surface area contributed by atoms with Crippen molar-refractivity contribution in [3.63, 3.8) is 0 Å². The van der Waals surface area contributed by atoms with Crippen molar-refractivity contribution in [2.75, 3.05) is 0 Å². The molecule has 1 rings (SSSR count). The number of halogens is 1. The lowest BCUT2D eigenvalue weighted by Crippen LogP contribution is -2.52. The van der Waals surface area contributed by atoms with Gasteiger partial charge in [-0.1, -0.05) is 108 Å². The molecule has 0 unspecified atom stereocenters. The van der Waals surface area contributed by atoms with Gasteiger partial charge >= 0.3 is 5.97 Å². The second-order valence-electron chi connectivity index (χ2n) is 14.1. The molecular weight excluding hydrogens is 592 g/mol. The van der Waals surface area contributed by atoms with E-state index in [1.807, 2.05) is 71.9 Å². The molecule has 44 heavy (non-hydrogen) atoms. The third-order valence-corrected chi connectivity index (χ3v) is 12.5. The Balaban J connectivity index is 2.78. The number of hydrogen-bond acceptors (Lipinski definition) is 5. The number of hydrogen-bond donors (Lipinski definition) is 2. The van der Waals surface area contributed by atoms with Crippen LogP contribution in [0, 0.1) is 11.3 Å². The number of esters is 1. The zero-order valence-electron chi connectivity index (χ0n) is 28.6. The minimum Gasteiger partial charge on any atom is -0.458 e. The van der Waals surface area contributed by atoms with E-state index in [0.717, 1.165) is 10.6 Å². The standard InChI is InChI=1S/C35H55ClN2O5Si/c1-25(24-26(2)29-18-14-20-31(40)42-29)16-12-13-19-30(39)38-32(34(4,5)6)33(41)37-23-15-17-28(22-21-27(3)36)43-44(10,11)35(7,8)9/h12-16,19-21,23-24,26,28-29,32H,17-18,22H2,1-11H3,(H,37,41)(H,38,39)/b16-12-,19-13-,23-15-,25-24+,27-21+/t26-,28+,29-,32+/m0/s1. The van der Waals surface area contributed by atoms with Crippen molar-refractivity contribution in [3.05, 3.63) is 71.5 Å². The van der Waals surface area contributed by atoms with Crippen LogP contribution in [0.15, 0.2) is 71.5 Å². The second-order valence-corrected chi connectivity index (χ2v) is 19.4. The summed E-state index contributed by atoms with van der Waals surface area (Å²) in [4.78, 5) is 37.3. The van der Waals surface area contributed by atoms with E-state index in [9.17, 15) is 14.4 Å². The van der Waals surface area contributed by atoms with E-state index < -0.39 is 19.8 Å². The molecule has 1 heterocycles. The summed E-state index contributed by atoms with van der Waals surface area (Å²) < 4.78 is 12.0. The predicted molar refractivity (Wildman–Crippen MR) is 184 cm³/mol. The van der Waals surface area contributed by atoms with Gasteiger partial charge in [-0.05, 0) is 56.4 Å². The van der Waals surface area contributed by atoms with Gasteiger partial charge in [0.25, 0.3) is 0 Å². The number of ether oxygens (including phenoxy) is 1. The van der Waals surface area contributed by atoms with Crippen LogP contribution >= 0.6 is 11.6 Å². The molecular formula is C35H55ClN2O5Si. The van der Waals surface area contributed by atoms with E-state index in [0.29, 0.717) is 19.3 Å². The molecule has 0 bridgehead atoms. The summed E-state index contributed by atoms with van der Waals surface area (Å²) in [7, 11) is -1.99. The van der Waals surface area contributed by atoms with Gasteiger partial charge in [-0.25, -0.2) is 4.79 Å². The fourth-order valence-electron chi connectivity index (χ4n) is 4.17. The number of cyclic esters (lactones) is 1. The van der Waals surface area contributed by atoms with Gasteiger partial charge in [0.05, 0.1) is 6.10 Å². The highest BCUT2D eigenvalue weighted by Crippen LogP contribution is 2.38. The highest BCUT2D eigenvalue weighted by molar-refractivity contribution is 6.74. The molecule has 246 valence electrons. The fourth-order valence-corrected chi connectivity index (χ4v) is 5.64. The molecule has 0 aromatic heterocycles. The average Bonchev–Trinajstić information content (AvgIpc) is 2.89. The molecule has 4 atom stereocenters. The minimum absolute atomic E-state index is 0.0577. The monoisotopic (exact) mass is 646 g/mol. The number of carbonyl (C=O) groups excluding carboxylic acids is 3. The van der Waals surface area contributed by atoms with E-state index in [-0.39, 0.29) is 40.9 Å². The van der Waals surface area contributed by atoms with E-state index in [1.54, 1.807) is 18.4 Å². The van der Waals surface area contributed by atoms with Crippen molar-refractivity contribution in [1.82, 2.24) is 10.6 Å². The molecule has 0 spiro atoms. The van der Waals surface area contributed by atoms with Crippen LogP contribution in [-0.2, 0) is 23.5 Å². The lowest BCUT2D eigenvalue weighted by molar-refractivity contribution is -0.145. The summed E-state index contributed by atoms with van der Waals surface area (Å²) in [6.07, 6.45) is 19.2. The van der Waals surface area contributed by atoms with Crippen molar-refractivity contribution >= 4 is 37.7 Å². The van der Waals surface area contributed by atoms with Gasteiger partial charge in [-0.2, -0.15) is 0 Å². The first kappa shape index (κ1) is 39.3. The van der Waals surface area contributed by atoms with Crippen molar-refractivity contribution in [2.24, 2.45) is 11.3 Å². The van der Waals surface area contributed by atoms with Crippen molar-refractivity contribution in [2.45, 2.75) is 118 Å². The second kappa shape index (κ2) is 17.7. The Bertz CT molecular complexity index is 1160. The quantitative estimate of drug-likeness (QED) is 0.0862. The molecule has 0 saturated carbocycles. The molecule has 2 N–H and O–H groups in total. The molecule has 0 aliphatic carbocycles. The summed E-state index contributed by atoms with van der Waals surface area (Å²) in [6.45, 7) is 22.6. The van der Waals surface area contributed by atoms with Crippen LogP contribution in [0.1, 0.15) is 81.6 Å². The Morgan fingerprint density at radius 3 is 2.32 bits per heavy atom. The minimum atomic E-state index is -1.99. The van der Waals surface area contributed by atoms with Gasteiger partial charge in [0.1, 0.15) is 12.1 Å². The average molecular weight is 647 g/mol. The van der Waals surface area contributed by atoms with Gasteiger partial charge in [0.15, 0.2) is 8.32 Å². The summed E-state index contributed by atoms with van der Waals surface area (Å²) in [5, 5.41) is 6.47. The first-order chi connectivity index (χ1) is 20.2. The van der Waals surface area contributed by atoms with Gasteiger partial charge in [0.2, 0.25) is 11.8 Å². The summed E-state index contributed by atoms with van der Waals surface area (Å²) >= 11 is 6.09. The van der Waals surface area contributed by atoms with Crippen LogP contribution < -0.4 is 10.6 Å². The molecule has 1 aliphatic rings. The molecule has 7 nitrogen and oxygen atoms in total. The number of carbonyl (C=O) groups is 3.